The van der Waals surface area contributed by atoms with Gasteiger partial charge in [-0.25, -0.2) is 78.7 Å². The fourth-order valence-corrected chi connectivity index (χ4v) is 20.9. The lowest BCUT2D eigenvalue weighted by molar-refractivity contribution is -0.129. The number of benzene rings is 6. The van der Waals surface area contributed by atoms with E-state index in [1.54, 1.807) is 77.5 Å². The number of aryl methyl sites for hydroxylation is 4. The summed E-state index contributed by atoms with van der Waals surface area (Å²) in [7, 11) is 0. The van der Waals surface area contributed by atoms with Crippen LogP contribution in [0.3, 0.4) is 0 Å². The molecule has 3 saturated heterocycles. The van der Waals surface area contributed by atoms with Crippen LogP contribution in [-0.2, 0) is 66.1 Å². The number of hydrogen-bond donors (Lipinski definition) is 0. The van der Waals surface area contributed by atoms with Crippen LogP contribution in [0.25, 0.3) is 83.9 Å². The van der Waals surface area contributed by atoms with Gasteiger partial charge < -0.3 is 29.4 Å². The molecule has 9 aromatic heterocycles. The average molecular weight is 1940 g/mol. The minimum absolute atomic E-state index is 0.00298. The van der Waals surface area contributed by atoms with Gasteiger partial charge in [-0.3, -0.25) is 19.1 Å². The van der Waals surface area contributed by atoms with Crippen LogP contribution in [0.4, 0.5) is 43.8 Å². The SMILES string of the molecule is C=CC(=O)N1CCN(c2nc(=O)n3c4nc(c(F)cc24)-c2c(F)cccc2Cn2cc(nn2)Cc2cccc(C(C)C)c2-3)[C@@H](C)C1.C=CC(=O)N1C[C@H](C)N(c2nc(=O)n3c4nc(c(F)cc24)-c2c(F)cccc2Cc2cn(nn2)CCc2cccc(C(C)C)c2-3)C[C@H]1C.C=CC(=O)N1C[C@H](C)N(c2nc(=O)n3c4nc(c(F)cc24)-c2c(F)cccc2Cn2cc(nn2)CCCc2cccc(C(C)C)c2-3)C[C@H]1C. The van der Waals surface area contributed by atoms with Crippen molar-refractivity contribution < 1.29 is 40.7 Å². The van der Waals surface area contributed by atoms with Crippen molar-refractivity contribution in [2.75, 3.05) is 60.5 Å². The number of hydrogen-bond acceptors (Lipinski definition) is 21. The van der Waals surface area contributed by atoms with Crippen molar-refractivity contribution in [1.82, 2.24) is 103 Å². The Bertz CT molecular complexity index is 7880. The molecule has 5 atom stereocenters. The van der Waals surface area contributed by atoms with E-state index in [9.17, 15) is 28.8 Å². The highest BCUT2D eigenvalue weighted by atomic mass is 19.1. The zero-order valence-corrected chi connectivity index (χ0v) is 81.1. The Morgan fingerprint density at radius 2 is 0.720 bits per heavy atom. The number of halogens is 6. The molecule has 15 heterocycles. The number of amides is 3. The highest BCUT2D eigenvalue weighted by Crippen LogP contribution is 2.43. The molecule has 15 aromatic rings. The van der Waals surface area contributed by atoms with Crippen LogP contribution < -0.4 is 31.8 Å². The van der Waals surface area contributed by atoms with E-state index in [2.05, 4.69) is 79.5 Å². The molecule has 21 rings (SSSR count). The topological polar surface area (TPSA) is 306 Å². The van der Waals surface area contributed by atoms with Gasteiger partial charge in [-0.05, 0) is 183 Å². The Morgan fingerprint density at radius 1 is 0.364 bits per heavy atom. The number of nitrogens with zero attached hydrogens (tertiary/aromatic N) is 24. The summed E-state index contributed by atoms with van der Waals surface area (Å²) >= 11 is 0. The fraction of sp³-hybridized carbons (Fsp3) is 0.327. The Labute approximate surface area is 819 Å². The van der Waals surface area contributed by atoms with Gasteiger partial charge in [0.1, 0.15) is 69.4 Å². The first-order chi connectivity index (χ1) is 68.7. The van der Waals surface area contributed by atoms with Crippen LogP contribution in [0, 0.1) is 34.9 Å². The second kappa shape index (κ2) is 39.0. The molecule has 6 aliphatic heterocycles. The number of para-hydroxylation sites is 3. The molecule has 6 aliphatic rings. The first-order valence-corrected chi connectivity index (χ1v) is 48.1. The summed E-state index contributed by atoms with van der Waals surface area (Å²) in [5.74, 6) is -3.95. The Hall–Kier alpha value is -15.8. The van der Waals surface area contributed by atoms with Crippen LogP contribution in [0.15, 0.2) is 198 Å². The Kier molecular flexibility index (Phi) is 26.2. The molecule has 0 radical (unpaired) electrons. The van der Waals surface area contributed by atoms with Gasteiger partial charge in [0.15, 0.2) is 16.9 Å². The molecule has 12 bridgehead atoms. The molecule has 6 aromatic carbocycles. The summed E-state index contributed by atoms with van der Waals surface area (Å²) in [4.78, 5) is 120. The van der Waals surface area contributed by atoms with Gasteiger partial charge in [-0.1, -0.05) is 168 Å². The van der Waals surface area contributed by atoms with Crippen molar-refractivity contribution >= 4 is 68.3 Å². The van der Waals surface area contributed by atoms with Gasteiger partial charge in [0.05, 0.1) is 63.4 Å². The van der Waals surface area contributed by atoms with E-state index in [0.29, 0.717) is 139 Å². The molecule has 3 fully saturated rings. The second-order valence-corrected chi connectivity index (χ2v) is 38.4. The number of piperazine rings is 3. The van der Waals surface area contributed by atoms with Crippen LogP contribution in [0.2, 0.25) is 0 Å². The number of pyridine rings is 3. The van der Waals surface area contributed by atoms with Crippen molar-refractivity contribution in [2.24, 2.45) is 0 Å². The number of anilines is 3. The van der Waals surface area contributed by atoms with Gasteiger partial charge >= 0.3 is 17.1 Å². The van der Waals surface area contributed by atoms with E-state index in [-0.39, 0.29) is 153 Å². The molecule has 0 aliphatic carbocycles. The minimum Gasteiger partial charge on any atom is -0.350 e. The zero-order valence-electron chi connectivity index (χ0n) is 81.1. The summed E-state index contributed by atoms with van der Waals surface area (Å²) in [6.45, 7) is 35.9. The normalized spacial score (nSPS) is 17.2. The highest BCUT2D eigenvalue weighted by Gasteiger charge is 2.40. The lowest BCUT2D eigenvalue weighted by Crippen LogP contribution is -2.58. The smallest absolute Gasteiger partial charge is 0.350 e. The van der Waals surface area contributed by atoms with Crippen LogP contribution in [-0.4, -0.2) is 197 Å². The van der Waals surface area contributed by atoms with Crippen molar-refractivity contribution in [2.45, 2.75) is 182 Å². The largest absolute Gasteiger partial charge is 0.355 e. The van der Waals surface area contributed by atoms with E-state index < -0.39 is 52.0 Å². The lowest BCUT2D eigenvalue weighted by Gasteiger charge is -2.44. The van der Waals surface area contributed by atoms with Gasteiger partial charge in [0.25, 0.3) is 0 Å². The van der Waals surface area contributed by atoms with Crippen LogP contribution in [0.1, 0.15) is 167 Å². The maximum atomic E-state index is 16.6. The van der Waals surface area contributed by atoms with E-state index in [1.165, 1.54) is 68.3 Å². The maximum absolute atomic E-state index is 16.6. The minimum atomic E-state index is -0.758. The standard InChI is InChI=1S/C37H38F2N8O2.C36H36F2N8O2.C34H32F2N8O2/c1-6-31(48)45-17-23(5)46(18-22(45)4)35-28-16-30(39)33-32-25(12-9-15-29(32)38)19-44-20-26(42-43-44)13-7-10-24-11-8-14-27(21(2)3)34(24)47(36(28)40-33)37(49)41-35;1-6-30(47)44-17-22(5)45(18-21(44)4)34-27-16-29(38)32-31-24(10-8-12-28(31)37)15-25-19-43(42-41-25)14-13-23-9-7-11-26(20(2)3)33(23)46(35(27)39-32)36(48)40-34;1-5-28(45)41-12-13-43(20(4)16-41)32-25-15-27(36)30-29-22(9-7-11-26(29)35)17-42-18-23(39-40-42)14-21-8-6-10-24(19(2)3)31(21)44(33(25)37-30)34(46)38-32/h6,8-9,11-12,14-16,20-23H,1,7,10,13,17-19H2,2-5H3;6-12,16,19-22H,1,13-15,17-18H2,2-5H3;5-11,15,18-20H,1,12-14,16-17H2,2-4H3/t22-,23+;21-,22+;20-/m110/s1. The molecule has 30 nitrogen and oxygen atoms in total. The number of carbonyl (C=O) groups excluding carboxylic acids is 3. The lowest BCUT2D eigenvalue weighted by atomic mass is 9.94. The van der Waals surface area contributed by atoms with Crippen molar-refractivity contribution in [3.8, 4) is 50.8 Å². The predicted molar refractivity (Wildman–Crippen MR) is 533 cm³/mol. The molecule has 732 valence electrons. The third-order valence-corrected chi connectivity index (χ3v) is 27.9. The third kappa shape index (κ3) is 18.0. The first-order valence-electron chi connectivity index (χ1n) is 48.1. The number of carbonyl (C=O) groups is 3. The molecular weight excluding hydrogens is 1830 g/mol. The van der Waals surface area contributed by atoms with Crippen LogP contribution in [0.5, 0.6) is 0 Å². The maximum Gasteiger partial charge on any atom is 0.355 e. The average Bonchev–Trinajstić information content (AvgIpc) is 1.16. The fourth-order valence-electron chi connectivity index (χ4n) is 20.9. The van der Waals surface area contributed by atoms with Gasteiger partial charge in [0.2, 0.25) is 17.7 Å². The van der Waals surface area contributed by atoms with Crippen molar-refractivity contribution in [3.63, 3.8) is 0 Å². The highest BCUT2D eigenvalue weighted by molar-refractivity contribution is 5.95. The van der Waals surface area contributed by atoms with Crippen molar-refractivity contribution in [1.29, 1.82) is 0 Å². The molecule has 143 heavy (non-hydrogen) atoms. The molecule has 0 saturated carbocycles. The monoisotopic (exact) mass is 1940 g/mol. The first kappa shape index (κ1) is 96.1. The van der Waals surface area contributed by atoms with E-state index in [0.717, 1.165) is 45.5 Å². The molecule has 0 N–H and O–H groups in total. The molecule has 0 unspecified atom stereocenters. The van der Waals surface area contributed by atoms with Crippen molar-refractivity contribution in [3.05, 3.63) is 317 Å². The Morgan fingerprint density at radius 3 is 1.15 bits per heavy atom. The number of aromatic nitrogens is 18. The quantitative estimate of drug-likeness (QED) is 0.0957. The summed E-state index contributed by atoms with van der Waals surface area (Å²) in [5.41, 5.74) is 8.55. The van der Waals surface area contributed by atoms with Crippen LogP contribution >= 0.6 is 0 Å². The van der Waals surface area contributed by atoms with Gasteiger partial charge in [0, 0.05) is 131 Å². The second-order valence-electron chi connectivity index (χ2n) is 38.4. The predicted octanol–water partition coefficient (Wildman–Crippen LogP) is 15.4. The van der Waals surface area contributed by atoms with Gasteiger partial charge in [-0.2, -0.15) is 15.0 Å². The summed E-state index contributed by atoms with van der Waals surface area (Å²) in [6.07, 6.45) is 12.3. The van der Waals surface area contributed by atoms with E-state index in [4.69, 9.17) is 15.0 Å². The van der Waals surface area contributed by atoms with Gasteiger partial charge in [-0.15, -0.1) is 15.3 Å². The number of fused-ring (bicyclic) bond motifs is 21. The number of rotatable bonds is 9. The molecule has 0 spiro atoms. The Balaban J connectivity index is 0.000000136. The summed E-state index contributed by atoms with van der Waals surface area (Å²) < 4.78 is 106. The summed E-state index contributed by atoms with van der Waals surface area (Å²) in [6, 6.07) is 33.9. The zero-order chi connectivity index (χ0) is 101. The third-order valence-electron chi connectivity index (χ3n) is 27.9. The van der Waals surface area contributed by atoms with E-state index >= 15 is 26.3 Å². The van der Waals surface area contributed by atoms with E-state index in [1.807, 2.05) is 138 Å². The molecular formula is C107H106F6N24O6. The summed E-state index contributed by atoms with van der Waals surface area (Å²) in [5, 5.41) is 26.8. The molecule has 36 heteroatoms. The molecule has 3 amide bonds.